The summed E-state index contributed by atoms with van der Waals surface area (Å²) in [5.74, 6) is 1.80. The molecule has 0 radical (unpaired) electrons. The van der Waals surface area contributed by atoms with Gasteiger partial charge in [-0.2, -0.15) is 0 Å². The average molecular weight is 488 g/mol. The molecule has 0 aromatic carbocycles. The third kappa shape index (κ3) is 12.8. The van der Waals surface area contributed by atoms with E-state index >= 15 is 0 Å². The Morgan fingerprint density at radius 2 is 2.12 bits per heavy atom. The summed E-state index contributed by atoms with van der Waals surface area (Å²) in [4.78, 5) is 7.16. The maximum atomic E-state index is 11.3. The molecule has 0 spiro atoms. The molecular weight excluding hydrogens is 451 g/mol. The molecule has 2 N–H and O–H groups in total. The molecule has 25 heavy (non-hydrogen) atoms. The number of likely N-dealkylation sites (tertiary alicyclic amines) is 1. The van der Waals surface area contributed by atoms with Gasteiger partial charge < -0.3 is 15.5 Å². The number of halogens is 1. The van der Waals surface area contributed by atoms with Gasteiger partial charge >= 0.3 is 0 Å². The van der Waals surface area contributed by atoms with Crippen LogP contribution in [0.5, 0.6) is 0 Å². The van der Waals surface area contributed by atoms with Crippen molar-refractivity contribution in [1.29, 1.82) is 0 Å². The largest absolute Gasteiger partial charge is 0.357 e. The fraction of sp³-hybridized carbons (Fsp3) is 0.941. The van der Waals surface area contributed by atoms with Gasteiger partial charge in [0.15, 0.2) is 5.96 Å². The molecule has 1 rings (SSSR count). The fourth-order valence-electron chi connectivity index (χ4n) is 2.99. The second-order valence-electron chi connectivity index (χ2n) is 7.13. The number of nitrogens with one attached hydrogen (secondary N) is 2. The normalized spacial score (nSPS) is 20.6. The monoisotopic (exact) mass is 488 g/mol. The Bertz CT molecular complexity index is 485. The van der Waals surface area contributed by atoms with Crippen molar-refractivity contribution in [1.82, 2.24) is 15.5 Å². The maximum absolute atomic E-state index is 11.3. The van der Waals surface area contributed by atoms with Crippen LogP contribution in [-0.2, 0) is 9.84 Å². The van der Waals surface area contributed by atoms with E-state index in [4.69, 9.17) is 0 Å². The van der Waals surface area contributed by atoms with Crippen LogP contribution in [0.4, 0.5) is 0 Å². The standard InChI is InChI=1S/C17H36N4O2S.HI/c1-5-18-17(20-16(3)9-13-24(4,22)23)19-10-7-12-21-11-6-8-15(2)14-21;/h15-16H,5-14H2,1-4H3,(H2,18,19,20);1H. The SMILES string of the molecule is CCNC(=NCCCN1CCCC(C)C1)NC(C)CCS(C)(=O)=O.I. The van der Waals surface area contributed by atoms with Crippen molar-refractivity contribution >= 4 is 39.8 Å². The number of piperidine rings is 1. The van der Waals surface area contributed by atoms with Gasteiger partial charge in [-0.1, -0.05) is 6.92 Å². The van der Waals surface area contributed by atoms with Crippen molar-refractivity contribution in [2.75, 3.05) is 44.7 Å². The minimum Gasteiger partial charge on any atom is -0.357 e. The quantitative estimate of drug-likeness (QED) is 0.225. The van der Waals surface area contributed by atoms with Crippen LogP contribution in [0.3, 0.4) is 0 Å². The van der Waals surface area contributed by atoms with E-state index in [0.29, 0.717) is 6.42 Å². The molecule has 0 aromatic rings. The molecule has 1 heterocycles. The molecular formula is C17H37IN4O2S. The van der Waals surface area contributed by atoms with Gasteiger partial charge in [-0.3, -0.25) is 4.99 Å². The minimum absolute atomic E-state index is 0. The Morgan fingerprint density at radius 1 is 1.40 bits per heavy atom. The summed E-state index contributed by atoms with van der Waals surface area (Å²) in [6.45, 7) is 11.5. The molecule has 1 fully saturated rings. The molecule has 0 aromatic heterocycles. The smallest absolute Gasteiger partial charge is 0.191 e. The van der Waals surface area contributed by atoms with Crippen molar-refractivity contribution in [2.24, 2.45) is 10.9 Å². The fourth-order valence-corrected chi connectivity index (χ4v) is 3.77. The Morgan fingerprint density at radius 3 is 2.72 bits per heavy atom. The zero-order chi connectivity index (χ0) is 18.0. The first kappa shape index (κ1) is 24.9. The lowest BCUT2D eigenvalue weighted by molar-refractivity contribution is 0.183. The van der Waals surface area contributed by atoms with E-state index in [-0.39, 0.29) is 35.8 Å². The number of nitrogens with zero attached hydrogens (tertiary/aromatic N) is 2. The number of aliphatic imine (C=N–C) groups is 1. The molecule has 1 saturated heterocycles. The van der Waals surface area contributed by atoms with Crippen LogP contribution in [0.25, 0.3) is 0 Å². The third-order valence-electron chi connectivity index (χ3n) is 4.29. The number of hydrogen-bond acceptors (Lipinski definition) is 4. The number of hydrogen-bond donors (Lipinski definition) is 2. The second-order valence-corrected chi connectivity index (χ2v) is 9.39. The summed E-state index contributed by atoms with van der Waals surface area (Å²) in [5.41, 5.74) is 0. The summed E-state index contributed by atoms with van der Waals surface area (Å²) in [7, 11) is -2.91. The van der Waals surface area contributed by atoms with Crippen LogP contribution in [0.1, 0.15) is 46.5 Å². The van der Waals surface area contributed by atoms with Gasteiger partial charge in [0.2, 0.25) is 0 Å². The lowest BCUT2D eigenvalue weighted by atomic mass is 10.0. The molecule has 150 valence electrons. The Hall–Kier alpha value is -0.0900. The highest BCUT2D eigenvalue weighted by Crippen LogP contribution is 2.15. The lowest BCUT2D eigenvalue weighted by Gasteiger charge is -2.30. The van der Waals surface area contributed by atoms with Crippen LogP contribution in [0.2, 0.25) is 0 Å². The van der Waals surface area contributed by atoms with E-state index < -0.39 is 9.84 Å². The van der Waals surface area contributed by atoms with Crippen molar-refractivity contribution in [2.45, 2.75) is 52.5 Å². The van der Waals surface area contributed by atoms with Gasteiger partial charge in [0, 0.05) is 31.9 Å². The summed E-state index contributed by atoms with van der Waals surface area (Å²) in [6.07, 6.45) is 5.59. The van der Waals surface area contributed by atoms with Crippen molar-refractivity contribution in [3.05, 3.63) is 0 Å². The predicted octanol–water partition coefficient (Wildman–Crippen LogP) is 2.10. The van der Waals surface area contributed by atoms with E-state index in [9.17, 15) is 8.42 Å². The van der Waals surface area contributed by atoms with E-state index in [1.807, 2.05) is 13.8 Å². The zero-order valence-electron chi connectivity index (χ0n) is 16.3. The molecule has 1 aliphatic rings. The van der Waals surface area contributed by atoms with Gasteiger partial charge in [-0.15, -0.1) is 24.0 Å². The van der Waals surface area contributed by atoms with Crippen molar-refractivity contribution < 1.29 is 8.42 Å². The number of guanidine groups is 1. The lowest BCUT2D eigenvalue weighted by Crippen LogP contribution is -2.43. The van der Waals surface area contributed by atoms with Crippen LogP contribution in [0.15, 0.2) is 4.99 Å². The first-order valence-electron chi connectivity index (χ1n) is 9.25. The number of sulfone groups is 1. The van der Waals surface area contributed by atoms with Gasteiger partial charge in [0.05, 0.1) is 5.75 Å². The highest BCUT2D eigenvalue weighted by molar-refractivity contribution is 14.0. The molecule has 2 unspecified atom stereocenters. The molecule has 0 amide bonds. The van der Waals surface area contributed by atoms with Crippen LogP contribution < -0.4 is 10.6 Å². The Balaban J connectivity index is 0.00000576. The molecule has 0 bridgehead atoms. The summed E-state index contributed by atoms with van der Waals surface area (Å²) < 4.78 is 22.5. The van der Waals surface area contributed by atoms with Crippen LogP contribution >= 0.6 is 24.0 Å². The third-order valence-corrected chi connectivity index (χ3v) is 5.27. The first-order chi connectivity index (χ1) is 11.3. The molecule has 2 atom stereocenters. The zero-order valence-corrected chi connectivity index (χ0v) is 19.4. The minimum atomic E-state index is -2.91. The second kappa shape index (κ2) is 13.1. The highest BCUT2D eigenvalue weighted by Gasteiger charge is 2.15. The van der Waals surface area contributed by atoms with Crippen molar-refractivity contribution in [3.8, 4) is 0 Å². The Kier molecular flexibility index (Phi) is 13.1. The van der Waals surface area contributed by atoms with Crippen LogP contribution in [0, 0.1) is 5.92 Å². The van der Waals surface area contributed by atoms with E-state index in [1.165, 1.54) is 32.2 Å². The molecule has 8 heteroatoms. The molecule has 0 saturated carbocycles. The van der Waals surface area contributed by atoms with Gasteiger partial charge in [0.25, 0.3) is 0 Å². The van der Waals surface area contributed by atoms with Crippen LogP contribution in [-0.4, -0.2) is 70.1 Å². The molecule has 6 nitrogen and oxygen atoms in total. The maximum Gasteiger partial charge on any atom is 0.191 e. The Labute approximate surface area is 171 Å². The molecule has 1 aliphatic heterocycles. The van der Waals surface area contributed by atoms with E-state index in [0.717, 1.165) is 37.9 Å². The summed E-state index contributed by atoms with van der Waals surface area (Å²) in [6, 6.07) is 0.0838. The highest BCUT2D eigenvalue weighted by atomic mass is 127. The van der Waals surface area contributed by atoms with E-state index in [2.05, 4.69) is 27.4 Å². The first-order valence-corrected chi connectivity index (χ1v) is 11.3. The van der Waals surface area contributed by atoms with Gasteiger partial charge in [-0.05, 0) is 58.5 Å². The number of rotatable bonds is 9. The molecule has 0 aliphatic carbocycles. The van der Waals surface area contributed by atoms with E-state index in [1.54, 1.807) is 0 Å². The summed E-state index contributed by atoms with van der Waals surface area (Å²) >= 11 is 0. The average Bonchev–Trinajstić information content (AvgIpc) is 2.49. The van der Waals surface area contributed by atoms with Gasteiger partial charge in [-0.25, -0.2) is 8.42 Å². The van der Waals surface area contributed by atoms with Crippen molar-refractivity contribution in [3.63, 3.8) is 0 Å². The topological polar surface area (TPSA) is 73.8 Å². The van der Waals surface area contributed by atoms with Gasteiger partial charge in [0.1, 0.15) is 9.84 Å². The summed E-state index contributed by atoms with van der Waals surface area (Å²) in [5, 5.41) is 6.53. The predicted molar refractivity (Wildman–Crippen MR) is 118 cm³/mol.